The van der Waals surface area contributed by atoms with Gasteiger partial charge in [-0.05, 0) is 10.8 Å². The monoisotopic (exact) mass is 363 g/mol. The predicted octanol–water partition coefficient (Wildman–Crippen LogP) is 2.49. The number of rotatable bonds is 2. The van der Waals surface area contributed by atoms with Crippen LogP contribution in [-0.4, -0.2) is 41.3 Å². The van der Waals surface area contributed by atoms with Crippen molar-refractivity contribution in [3.05, 3.63) is 53.8 Å². The van der Waals surface area contributed by atoms with Crippen molar-refractivity contribution in [2.24, 2.45) is 0 Å². The molecule has 1 atom stereocenters. The van der Waals surface area contributed by atoms with Gasteiger partial charge in [0, 0.05) is 24.1 Å². The molecule has 3 aromatic rings. The molecule has 2 amide bonds. The number of hydrogen-bond acceptors (Lipinski definition) is 5. The van der Waals surface area contributed by atoms with Crippen LogP contribution in [0.2, 0.25) is 0 Å². The Balaban J connectivity index is 1.50. The zero-order chi connectivity index (χ0) is 18.4. The van der Waals surface area contributed by atoms with Crippen molar-refractivity contribution >= 4 is 22.8 Å². The van der Waals surface area contributed by atoms with Crippen LogP contribution in [0.1, 0.15) is 11.3 Å². The Morgan fingerprint density at radius 2 is 2.04 bits per heavy atom. The second-order valence-electron chi connectivity index (χ2n) is 6.76. The lowest BCUT2D eigenvalue weighted by Gasteiger charge is -2.28. The van der Waals surface area contributed by atoms with E-state index in [1.807, 2.05) is 24.3 Å². The van der Waals surface area contributed by atoms with Crippen LogP contribution in [0.5, 0.6) is 0 Å². The molecule has 1 saturated heterocycles. The molecule has 0 bridgehead atoms. The summed E-state index contributed by atoms with van der Waals surface area (Å²) in [6.07, 6.45) is 0.0489. The number of amides is 2. The summed E-state index contributed by atoms with van der Waals surface area (Å²) in [6.45, 7) is 1.01. The number of nitrogens with zero attached hydrogens (tertiary/aromatic N) is 2. The fourth-order valence-corrected chi connectivity index (χ4v) is 3.78. The number of hydrogen-bond donors (Lipinski definition) is 1. The van der Waals surface area contributed by atoms with Crippen molar-refractivity contribution in [3.8, 4) is 11.3 Å². The molecule has 2 aliphatic heterocycles. The number of cyclic esters (lactones) is 1. The fourth-order valence-electron chi connectivity index (χ4n) is 3.78. The lowest BCUT2D eigenvalue weighted by atomic mass is 9.97. The zero-order valence-corrected chi connectivity index (χ0v) is 14.5. The summed E-state index contributed by atoms with van der Waals surface area (Å²) >= 11 is 0. The quantitative estimate of drug-likeness (QED) is 0.756. The Morgan fingerprint density at radius 1 is 1.19 bits per heavy atom. The second-order valence-corrected chi connectivity index (χ2v) is 6.76. The predicted molar refractivity (Wildman–Crippen MR) is 96.8 cm³/mol. The molecule has 27 heavy (non-hydrogen) atoms. The summed E-state index contributed by atoms with van der Waals surface area (Å²) in [4.78, 5) is 25.7. The molecule has 7 heteroatoms. The van der Waals surface area contributed by atoms with Crippen molar-refractivity contribution in [3.63, 3.8) is 0 Å². The van der Waals surface area contributed by atoms with E-state index in [0.717, 1.165) is 33.4 Å². The van der Waals surface area contributed by atoms with Gasteiger partial charge in [-0.25, -0.2) is 4.79 Å². The SMILES string of the molecule is O=C1N[C@H](C(=O)N2CCc3onc(-c4cccc5ccccc45)c3C2)CO1. The van der Waals surface area contributed by atoms with Gasteiger partial charge >= 0.3 is 6.09 Å². The molecule has 1 aromatic heterocycles. The van der Waals surface area contributed by atoms with Gasteiger partial charge < -0.3 is 19.5 Å². The van der Waals surface area contributed by atoms with Gasteiger partial charge in [-0.3, -0.25) is 4.79 Å². The number of carbonyl (C=O) groups excluding carboxylic acids is 2. The molecule has 2 aromatic carbocycles. The molecule has 7 nitrogen and oxygen atoms in total. The zero-order valence-electron chi connectivity index (χ0n) is 14.5. The number of alkyl carbamates (subject to hydrolysis) is 1. The Kier molecular flexibility index (Phi) is 3.60. The summed E-state index contributed by atoms with van der Waals surface area (Å²) in [7, 11) is 0. The minimum Gasteiger partial charge on any atom is -0.447 e. The third-order valence-corrected chi connectivity index (χ3v) is 5.16. The van der Waals surface area contributed by atoms with Gasteiger partial charge in [-0.2, -0.15) is 0 Å². The number of ether oxygens (including phenoxy) is 1. The van der Waals surface area contributed by atoms with Crippen molar-refractivity contribution in [2.75, 3.05) is 13.2 Å². The largest absolute Gasteiger partial charge is 0.447 e. The maximum absolute atomic E-state index is 12.7. The highest BCUT2D eigenvalue weighted by Crippen LogP contribution is 2.34. The molecule has 3 heterocycles. The average molecular weight is 363 g/mol. The first kappa shape index (κ1) is 15.9. The maximum Gasteiger partial charge on any atom is 0.407 e. The molecule has 1 fully saturated rings. The third kappa shape index (κ3) is 2.63. The minimum atomic E-state index is -0.625. The van der Waals surface area contributed by atoms with Crippen LogP contribution in [0.3, 0.4) is 0 Å². The average Bonchev–Trinajstić information content (AvgIpc) is 3.32. The lowest BCUT2D eigenvalue weighted by Crippen LogP contribution is -2.47. The topological polar surface area (TPSA) is 84.7 Å². The van der Waals surface area contributed by atoms with E-state index in [1.54, 1.807) is 4.90 Å². The van der Waals surface area contributed by atoms with Crippen LogP contribution >= 0.6 is 0 Å². The van der Waals surface area contributed by atoms with Gasteiger partial charge in [-0.15, -0.1) is 0 Å². The van der Waals surface area contributed by atoms with Crippen LogP contribution in [0.4, 0.5) is 4.79 Å². The molecule has 5 rings (SSSR count). The van der Waals surface area contributed by atoms with Crippen molar-refractivity contribution < 1.29 is 18.8 Å². The maximum atomic E-state index is 12.7. The van der Waals surface area contributed by atoms with Crippen LogP contribution in [-0.2, 0) is 22.5 Å². The van der Waals surface area contributed by atoms with Gasteiger partial charge in [0.05, 0.1) is 6.54 Å². The number of nitrogens with one attached hydrogen (secondary N) is 1. The molecule has 0 aliphatic carbocycles. The molecular weight excluding hydrogens is 346 g/mol. The number of carbonyl (C=O) groups is 2. The molecule has 1 N–H and O–H groups in total. The van der Waals surface area contributed by atoms with Crippen LogP contribution in [0, 0.1) is 0 Å². The van der Waals surface area contributed by atoms with E-state index in [4.69, 9.17) is 9.26 Å². The van der Waals surface area contributed by atoms with Gasteiger partial charge in [0.15, 0.2) is 0 Å². The van der Waals surface area contributed by atoms with E-state index < -0.39 is 12.1 Å². The second kappa shape index (κ2) is 6.12. The van der Waals surface area contributed by atoms with E-state index in [1.165, 1.54) is 0 Å². The van der Waals surface area contributed by atoms with E-state index in [9.17, 15) is 9.59 Å². The van der Waals surface area contributed by atoms with E-state index in [2.05, 4.69) is 28.7 Å². The standard InChI is InChI=1S/C20H17N3O4/c24-19(16-11-26-20(25)21-16)23-9-8-17-15(10-23)18(22-27-17)14-7-3-5-12-4-1-2-6-13(12)14/h1-7,16H,8-11H2,(H,21,25)/t16-/m0/s1. The summed E-state index contributed by atoms with van der Waals surface area (Å²) < 4.78 is 10.4. The summed E-state index contributed by atoms with van der Waals surface area (Å²) in [5.74, 6) is 0.672. The van der Waals surface area contributed by atoms with Crippen LogP contribution < -0.4 is 5.32 Å². The minimum absolute atomic E-state index is 0.0703. The van der Waals surface area contributed by atoms with E-state index in [0.29, 0.717) is 19.5 Å². The van der Waals surface area contributed by atoms with Crippen LogP contribution in [0.25, 0.3) is 22.0 Å². The normalized spacial score (nSPS) is 18.9. The Morgan fingerprint density at radius 3 is 2.89 bits per heavy atom. The van der Waals surface area contributed by atoms with Crippen molar-refractivity contribution in [1.29, 1.82) is 0 Å². The van der Waals surface area contributed by atoms with Gasteiger partial charge in [0.25, 0.3) is 0 Å². The van der Waals surface area contributed by atoms with Crippen molar-refractivity contribution in [1.82, 2.24) is 15.4 Å². The van der Waals surface area contributed by atoms with Gasteiger partial charge in [-0.1, -0.05) is 47.6 Å². The van der Waals surface area contributed by atoms with Crippen LogP contribution in [0.15, 0.2) is 47.0 Å². The summed E-state index contributed by atoms with van der Waals surface area (Å²) in [5, 5.41) is 9.08. The number of fused-ring (bicyclic) bond motifs is 2. The first-order chi connectivity index (χ1) is 13.2. The van der Waals surface area contributed by atoms with E-state index in [-0.39, 0.29) is 12.5 Å². The molecular formula is C20H17N3O4. The molecule has 0 radical (unpaired) electrons. The molecule has 2 aliphatic rings. The molecule has 0 unspecified atom stereocenters. The summed E-state index contributed by atoms with van der Waals surface area (Å²) in [5.41, 5.74) is 2.69. The highest BCUT2D eigenvalue weighted by molar-refractivity contribution is 5.96. The summed E-state index contributed by atoms with van der Waals surface area (Å²) in [6, 6.07) is 13.6. The number of aromatic nitrogens is 1. The third-order valence-electron chi connectivity index (χ3n) is 5.16. The molecule has 0 spiro atoms. The highest BCUT2D eigenvalue weighted by atomic mass is 16.6. The molecule has 136 valence electrons. The molecule has 0 saturated carbocycles. The Labute approximate surface area is 154 Å². The smallest absolute Gasteiger partial charge is 0.407 e. The highest BCUT2D eigenvalue weighted by Gasteiger charge is 2.35. The first-order valence-electron chi connectivity index (χ1n) is 8.88. The van der Waals surface area contributed by atoms with E-state index >= 15 is 0 Å². The lowest BCUT2D eigenvalue weighted by molar-refractivity contribution is -0.134. The number of benzene rings is 2. The fraction of sp³-hybridized carbons (Fsp3) is 0.250. The Hall–Kier alpha value is -3.35. The van der Waals surface area contributed by atoms with Gasteiger partial charge in [0.1, 0.15) is 24.1 Å². The van der Waals surface area contributed by atoms with Crippen molar-refractivity contribution in [2.45, 2.75) is 19.0 Å². The first-order valence-corrected chi connectivity index (χ1v) is 8.88. The Bertz CT molecular complexity index is 1050. The van der Waals surface area contributed by atoms with Gasteiger partial charge in [0.2, 0.25) is 5.91 Å².